The van der Waals surface area contributed by atoms with Crippen LogP contribution in [0, 0.1) is 0 Å². The van der Waals surface area contributed by atoms with Crippen LogP contribution in [0.15, 0.2) is 243 Å². The van der Waals surface area contributed by atoms with E-state index in [2.05, 4.69) is 304 Å². The highest BCUT2D eigenvalue weighted by Crippen LogP contribution is 2.56. The molecule has 0 atom stereocenters. The van der Waals surface area contributed by atoms with Crippen molar-refractivity contribution in [2.75, 3.05) is 9.80 Å². The van der Waals surface area contributed by atoms with Crippen LogP contribution in [0.4, 0.5) is 34.1 Å². The maximum absolute atomic E-state index is 2.53. The van der Waals surface area contributed by atoms with Crippen molar-refractivity contribution in [3.05, 3.63) is 287 Å². The maximum atomic E-state index is 2.53. The van der Waals surface area contributed by atoms with Crippen molar-refractivity contribution < 1.29 is 0 Å². The Hall–Kier alpha value is -8.72. The Balaban J connectivity index is 0.759. The van der Waals surface area contributed by atoms with Gasteiger partial charge in [0.15, 0.2) is 0 Å². The van der Waals surface area contributed by atoms with Crippen LogP contribution in [0.1, 0.15) is 72.2 Å². The topological polar surface area (TPSA) is 6.48 Å². The molecule has 0 aliphatic heterocycles. The van der Waals surface area contributed by atoms with E-state index < -0.39 is 0 Å². The molecule has 0 N–H and O–H groups in total. The molecule has 0 spiro atoms. The van der Waals surface area contributed by atoms with E-state index in [0.29, 0.717) is 0 Å². The van der Waals surface area contributed by atoms with Crippen molar-refractivity contribution in [1.29, 1.82) is 0 Å². The average molecular weight is 925 g/mol. The second-order valence-electron chi connectivity index (χ2n) is 20.2. The summed E-state index contributed by atoms with van der Waals surface area (Å²) in [6.07, 6.45) is 8.89. The molecule has 0 saturated carbocycles. The van der Waals surface area contributed by atoms with Crippen LogP contribution in [0.3, 0.4) is 0 Å². The molecule has 2 aliphatic carbocycles. The fourth-order valence-electron chi connectivity index (χ4n) is 11.1. The third kappa shape index (κ3) is 8.15. The molecule has 346 valence electrons. The monoisotopic (exact) mass is 924 g/mol. The Kier molecular flexibility index (Phi) is 11.3. The summed E-state index contributed by atoms with van der Waals surface area (Å²) in [5.41, 5.74) is 24.7. The summed E-state index contributed by atoms with van der Waals surface area (Å²) in [7, 11) is 0. The number of hydrogen-bond donors (Lipinski definition) is 0. The lowest BCUT2D eigenvalue weighted by Crippen LogP contribution is -2.19. The SMILES string of the molecule is CC1(C)c2cc(C=Cc3ccc(N(c4ccccc4)c4ccccc4)cc3)ccc2-c2cc3c(cc21)C(C)(C)c1cc(-c2ccc(C=Cc4ccc(N(c5ccccc5)c5ccccc5)cc4)cc2)ccc1-3. The predicted octanol–water partition coefficient (Wildman–Crippen LogP) is 19.2. The van der Waals surface area contributed by atoms with E-state index in [1.54, 1.807) is 0 Å². The number of para-hydroxylation sites is 4. The molecule has 2 heteroatoms. The van der Waals surface area contributed by atoms with E-state index in [1.165, 1.54) is 72.3 Å². The standard InChI is InChI=1S/C70H56N2/c1-69(2)65-45-52(28-27-51-33-41-60(42-34-51)72(57-21-13-7-14-22-57)58-23-15-8-16-24-58)35-43-61(65)63-47-64-62-44-38-54(46-66(62)70(3,4)68(64)48-67(63)69)53-36-29-49(30-37-53)25-26-50-31-39-59(40-32-50)71(55-17-9-5-10-18-55)56-19-11-6-12-20-56/h5-48H,1-4H3. The van der Waals surface area contributed by atoms with E-state index >= 15 is 0 Å². The third-order valence-electron chi connectivity index (χ3n) is 15.0. The molecule has 0 fully saturated rings. The van der Waals surface area contributed by atoms with Gasteiger partial charge in [0.2, 0.25) is 0 Å². The van der Waals surface area contributed by atoms with Crippen molar-refractivity contribution in [2.24, 2.45) is 0 Å². The van der Waals surface area contributed by atoms with Crippen LogP contribution in [0.5, 0.6) is 0 Å². The number of nitrogens with zero attached hydrogens (tertiary/aromatic N) is 2. The third-order valence-corrected chi connectivity index (χ3v) is 15.0. The zero-order chi connectivity index (χ0) is 48.8. The summed E-state index contributed by atoms with van der Waals surface area (Å²) >= 11 is 0. The lowest BCUT2D eigenvalue weighted by atomic mass is 9.77. The second-order valence-corrected chi connectivity index (χ2v) is 20.2. The van der Waals surface area contributed by atoms with Crippen molar-refractivity contribution >= 4 is 58.4 Å². The highest BCUT2D eigenvalue weighted by molar-refractivity contribution is 5.92. The van der Waals surface area contributed by atoms with E-state index in [0.717, 1.165) is 39.7 Å². The largest absolute Gasteiger partial charge is 0.311 e. The molecule has 0 radical (unpaired) electrons. The van der Waals surface area contributed by atoms with E-state index in [9.17, 15) is 0 Å². The molecule has 0 bridgehead atoms. The molecule has 10 aromatic rings. The molecule has 0 saturated heterocycles. The molecule has 2 nitrogen and oxygen atoms in total. The minimum atomic E-state index is -0.138. The van der Waals surface area contributed by atoms with Gasteiger partial charge in [-0.3, -0.25) is 0 Å². The van der Waals surface area contributed by atoms with Crippen molar-refractivity contribution in [3.63, 3.8) is 0 Å². The molecule has 10 aromatic carbocycles. The lowest BCUT2D eigenvalue weighted by Gasteiger charge is -2.26. The summed E-state index contributed by atoms with van der Waals surface area (Å²) in [4.78, 5) is 4.59. The first kappa shape index (κ1) is 44.5. The van der Waals surface area contributed by atoms with Gasteiger partial charge in [0, 0.05) is 45.0 Å². The molecular formula is C70H56N2. The quantitative estimate of drug-likeness (QED) is 0.119. The van der Waals surface area contributed by atoms with Crippen molar-refractivity contribution in [2.45, 2.75) is 38.5 Å². The van der Waals surface area contributed by atoms with Gasteiger partial charge in [-0.1, -0.05) is 210 Å². The van der Waals surface area contributed by atoms with Gasteiger partial charge in [-0.15, -0.1) is 0 Å². The predicted molar refractivity (Wildman–Crippen MR) is 307 cm³/mol. The zero-order valence-electron chi connectivity index (χ0n) is 41.3. The molecule has 0 amide bonds. The van der Waals surface area contributed by atoms with Crippen molar-refractivity contribution in [3.8, 4) is 33.4 Å². The molecule has 2 aliphatic rings. The van der Waals surface area contributed by atoms with Gasteiger partial charge in [-0.25, -0.2) is 0 Å². The smallest absolute Gasteiger partial charge is 0.0462 e. The van der Waals surface area contributed by atoms with Crippen LogP contribution in [-0.4, -0.2) is 0 Å². The van der Waals surface area contributed by atoms with E-state index in [4.69, 9.17) is 0 Å². The van der Waals surface area contributed by atoms with Gasteiger partial charge < -0.3 is 9.80 Å². The normalized spacial score (nSPS) is 13.7. The van der Waals surface area contributed by atoms with Crippen molar-refractivity contribution in [1.82, 2.24) is 0 Å². The van der Waals surface area contributed by atoms with Gasteiger partial charge in [-0.05, 0) is 163 Å². The average Bonchev–Trinajstić information content (AvgIpc) is 3.79. The minimum absolute atomic E-state index is 0.134. The Morgan fingerprint density at radius 2 is 0.556 bits per heavy atom. The van der Waals surface area contributed by atoms with Crippen LogP contribution in [-0.2, 0) is 10.8 Å². The molecule has 72 heavy (non-hydrogen) atoms. The second kappa shape index (κ2) is 18.2. The summed E-state index contributed by atoms with van der Waals surface area (Å²) in [6, 6.07) is 88.0. The van der Waals surface area contributed by atoms with Gasteiger partial charge in [0.1, 0.15) is 0 Å². The summed E-state index contributed by atoms with van der Waals surface area (Å²) in [5, 5.41) is 0. The molecule has 0 heterocycles. The Labute approximate surface area is 425 Å². The Morgan fingerprint density at radius 3 is 0.972 bits per heavy atom. The van der Waals surface area contributed by atoms with Crippen LogP contribution >= 0.6 is 0 Å². The number of benzene rings is 10. The first-order valence-electron chi connectivity index (χ1n) is 25.2. The van der Waals surface area contributed by atoms with Crippen LogP contribution in [0.2, 0.25) is 0 Å². The zero-order valence-corrected chi connectivity index (χ0v) is 41.3. The maximum Gasteiger partial charge on any atom is 0.0462 e. The van der Waals surface area contributed by atoms with Gasteiger partial charge in [0.05, 0.1) is 0 Å². The summed E-state index contributed by atoms with van der Waals surface area (Å²) in [6.45, 7) is 9.60. The number of anilines is 6. The molecule has 0 unspecified atom stereocenters. The van der Waals surface area contributed by atoms with Gasteiger partial charge >= 0.3 is 0 Å². The summed E-state index contributed by atoms with van der Waals surface area (Å²) in [5.74, 6) is 0. The Morgan fingerprint density at radius 1 is 0.250 bits per heavy atom. The minimum Gasteiger partial charge on any atom is -0.311 e. The number of rotatable bonds is 11. The van der Waals surface area contributed by atoms with E-state index in [-0.39, 0.29) is 10.8 Å². The van der Waals surface area contributed by atoms with Gasteiger partial charge in [0.25, 0.3) is 0 Å². The fourth-order valence-corrected chi connectivity index (χ4v) is 11.1. The Bertz CT molecular complexity index is 3550. The first-order valence-corrected chi connectivity index (χ1v) is 25.2. The molecule has 12 rings (SSSR count). The highest BCUT2D eigenvalue weighted by atomic mass is 15.1. The molecule has 0 aromatic heterocycles. The molecular weight excluding hydrogens is 869 g/mol. The summed E-state index contributed by atoms with van der Waals surface area (Å²) < 4.78 is 0. The first-order chi connectivity index (χ1) is 35.2. The lowest BCUT2D eigenvalue weighted by molar-refractivity contribution is 0.639. The number of fused-ring (bicyclic) bond motifs is 6. The van der Waals surface area contributed by atoms with Crippen LogP contribution < -0.4 is 9.80 Å². The fraction of sp³-hybridized carbons (Fsp3) is 0.0857. The highest BCUT2D eigenvalue weighted by Gasteiger charge is 2.42. The van der Waals surface area contributed by atoms with E-state index in [1.807, 2.05) is 0 Å². The van der Waals surface area contributed by atoms with Gasteiger partial charge in [-0.2, -0.15) is 0 Å². The number of hydrogen-bond acceptors (Lipinski definition) is 2. The van der Waals surface area contributed by atoms with Crippen LogP contribution in [0.25, 0.3) is 57.7 Å².